The number of hydrogen-bond donors (Lipinski definition) is 2. The smallest absolute Gasteiger partial charge is 0.213 e. The molecule has 5 heteroatoms. The third-order valence-corrected chi connectivity index (χ3v) is 4.36. The molecule has 0 aromatic carbocycles. The van der Waals surface area contributed by atoms with Crippen molar-refractivity contribution in [1.82, 2.24) is 20.8 Å². The van der Waals surface area contributed by atoms with Crippen molar-refractivity contribution in [1.29, 1.82) is 0 Å². The van der Waals surface area contributed by atoms with E-state index in [4.69, 9.17) is 4.52 Å². The maximum absolute atomic E-state index is 4.76. The molecule has 0 radical (unpaired) electrons. The van der Waals surface area contributed by atoms with Gasteiger partial charge in [-0.15, -0.1) is 0 Å². The van der Waals surface area contributed by atoms with Crippen LogP contribution in [0.2, 0.25) is 0 Å². The number of aromatic nitrogens is 2. The molecule has 0 spiro atoms. The highest BCUT2D eigenvalue weighted by molar-refractivity contribution is 4.93. The van der Waals surface area contributed by atoms with Gasteiger partial charge in [0.1, 0.15) is 0 Å². The molecule has 1 aromatic heterocycles. The van der Waals surface area contributed by atoms with Crippen molar-refractivity contribution in [3.05, 3.63) is 12.2 Å². The Morgan fingerprint density at radius 1 is 1.28 bits per heavy atom. The van der Waals surface area contributed by atoms with Crippen LogP contribution in [0, 0.1) is 5.92 Å². The van der Waals surface area contributed by atoms with Gasteiger partial charge in [-0.25, -0.2) is 0 Å². The molecule has 2 fully saturated rings. The molecule has 3 unspecified atom stereocenters. The molecular formula is C13H22N4O. The van der Waals surface area contributed by atoms with Crippen LogP contribution in [0.25, 0.3) is 0 Å². The van der Waals surface area contributed by atoms with Gasteiger partial charge in [-0.05, 0) is 38.1 Å². The summed E-state index contributed by atoms with van der Waals surface area (Å²) in [5.41, 5.74) is 0. The largest absolute Gasteiger partial charge is 0.343 e. The van der Waals surface area contributed by atoms with Gasteiger partial charge in [0.05, 0.1) is 6.54 Å². The molecule has 3 atom stereocenters. The van der Waals surface area contributed by atoms with Crippen LogP contribution in [0.5, 0.6) is 0 Å². The first-order chi connectivity index (χ1) is 8.93. The fourth-order valence-electron chi connectivity index (χ4n) is 3.46. The minimum atomic E-state index is 0.610. The molecule has 1 aliphatic heterocycles. The Labute approximate surface area is 108 Å². The van der Waals surface area contributed by atoms with Crippen molar-refractivity contribution >= 4 is 0 Å². The summed E-state index contributed by atoms with van der Waals surface area (Å²) in [5, 5.41) is 11.2. The molecule has 2 heterocycles. The Morgan fingerprint density at radius 3 is 3.06 bits per heavy atom. The predicted octanol–water partition coefficient (Wildman–Crippen LogP) is 1.47. The van der Waals surface area contributed by atoms with Crippen molar-refractivity contribution in [3.8, 4) is 0 Å². The third-order valence-electron chi connectivity index (χ3n) is 4.36. The second-order valence-corrected chi connectivity index (χ2v) is 5.49. The van der Waals surface area contributed by atoms with E-state index in [2.05, 4.69) is 20.8 Å². The molecule has 2 N–H and O–H groups in total. The first kappa shape index (κ1) is 12.1. The summed E-state index contributed by atoms with van der Waals surface area (Å²) < 4.78 is 4.76. The lowest BCUT2D eigenvalue weighted by atomic mass is 9.88. The van der Waals surface area contributed by atoms with Gasteiger partial charge in [0.15, 0.2) is 5.82 Å². The molecule has 3 rings (SSSR count). The summed E-state index contributed by atoms with van der Waals surface area (Å²) in [6.45, 7) is 1.92. The molecule has 1 saturated carbocycles. The molecule has 1 aliphatic carbocycles. The number of nitrogens with one attached hydrogen (secondary N) is 2. The normalized spacial score (nSPS) is 32.8. The maximum Gasteiger partial charge on any atom is 0.213 e. The molecule has 2 aliphatic rings. The van der Waals surface area contributed by atoms with Gasteiger partial charge in [-0.3, -0.25) is 0 Å². The van der Waals surface area contributed by atoms with E-state index in [-0.39, 0.29) is 0 Å². The zero-order valence-corrected chi connectivity index (χ0v) is 10.8. The first-order valence-corrected chi connectivity index (χ1v) is 7.15. The summed E-state index contributed by atoms with van der Waals surface area (Å²) in [4.78, 5) is 4.06. The van der Waals surface area contributed by atoms with Gasteiger partial charge < -0.3 is 15.2 Å². The zero-order chi connectivity index (χ0) is 12.2. The highest BCUT2D eigenvalue weighted by atomic mass is 16.5. The van der Waals surface area contributed by atoms with Crippen molar-refractivity contribution in [2.75, 3.05) is 6.54 Å². The van der Waals surface area contributed by atoms with E-state index in [1.807, 2.05) is 0 Å². The SMILES string of the molecule is c1nc(CNC2CCCC2C2CCCCN2)no1. The summed E-state index contributed by atoms with van der Waals surface area (Å²) >= 11 is 0. The summed E-state index contributed by atoms with van der Waals surface area (Å²) in [6, 6.07) is 1.32. The van der Waals surface area contributed by atoms with E-state index in [1.165, 1.54) is 51.5 Å². The second-order valence-electron chi connectivity index (χ2n) is 5.49. The third kappa shape index (κ3) is 2.72. The van der Waals surface area contributed by atoms with Crippen LogP contribution in [0.4, 0.5) is 0 Å². The zero-order valence-electron chi connectivity index (χ0n) is 10.8. The Bertz CT molecular complexity index is 348. The second kappa shape index (κ2) is 5.80. The summed E-state index contributed by atoms with van der Waals surface area (Å²) in [6.07, 6.45) is 9.42. The quantitative estimate of drug-likeness (QED) is 0.847. The average molecular weight is 250 g/mol. The van der Waals surface area contributed by atoms with Crippen LogP contribution in [-0.4, -0.2) is 28.8 Å². The van der Waals surface area contributed by atoms with Crippen molar-refractivity contribution in [2.24, 2.45) is 5.92 Å². The van der Waals surface area contributed by atoms with Gasteiger partial charge in [0, 0.05) is 12.1 Å². The maximum atomic E-state index is 4.76. The Hall–Kier alpha value is -0.940. The topological polar surface area (TPSA) is 63.0 Å². The molecule has 0 amide bonds. The molecule has 18 heavy (non-hydrogen) atoms. The van der Waals surface area contributed by atoms with Crippen LogP contribution >= 0.6 is 0 Å². The van der Waals surface area contributed by atoms with Crippen LogP contribution in [0.1, 0.15) is 44.3 Å². The lowest BCUT2D eigenvalue weighted by Crippen LogP contribution is -2.46. The predicted molar refractivity (Wildman–Crippen MR) is 67.9 cm³/mol. The fourth-order valence-corrected chi connectivity index (χ4v) is 3.46. The van der Waals surface area contributed by atoms with Gasteiger partial charge in [-0.2, -0.15) is 4.98 Å². The Morgan fingerprint density at radius 2 is 2.28 bits per heavy atom. The van der Waals surface area contributed by atoms with Crippen LogP contribution in [-0.2, 0) is 6.54 Å². The Kier molecular flexibility index (Phi) is 3.90. The lowest BCUT2D eigenvalue weighted by Gasteiger charge is -2.33. The molecule has 100 valence electrons. The van der Waals surface area contributed by atoms with E-state index >= 15 is 0 Å². The van der Waals surface area contributed by atoms with E-state index < -0.39 is 0 Å². The molecule has 1 aromatic rings. The fraction of sp³-hybridized carbons (Fsp3) is 0.846. The van der Waals surface area contributed by atoms with Gasteiger partial charge in [0.2, 0.25) is 6.39 Å². The van der Waals surface area contributed by atoms with E-state index in [0.29, 0.717) is 12.1 Å². The number of rotatable bonds is 4. The van der Waals surface area contributed by atoms with Gasteiger partial charge >= 0.3 is 0 Å². The van der Waals surface area contributed by atoms with Crippen LogP contribution in [0.3, 0.4) is 0 Å². The van der Waals surface area contributed by atoms with E-state index in [1.54, 1.807) is 0 Å². The van der Waals surface area contributed by atoms with E-state index in [0.717, 1.165) is 18.3 Å². The highest BCUT2D eigenvalue weighted by Gasteiger charge is 2.33. The number of piperidine rings is 1. The minimum Gasteiger partial charge on any atom is -0.343 e. The molecule has 1 saturated heterocycles. The van der Waals surface area contributed by atoms with Crippen molar-refractivity contribution < 1.29 is 4.52 Å². The Balaban J connectivity index is 1.53. The number of hydrogen-bond acceptors (Lipinski definition) is 5. The monoisotopic (exact) mass is 250 g/mol. The van der Waals surface area contributed by atoms with Gasteiger partial charge in [-0.1, -0.05) is 18.0 Å². The highest BCUT2D eigenvalue weighted by Crippen LogP contribution is 2.31. The van der Waals surface area contributed by atoms with Crippen molar-refractivity contribution in [2.45, 2.75) is 57.2 Å². The average Bonchev–Trinajstić information content (AvgIpc) is 3.09. The van der Waals surface area contributed by atoms with Gasteiger partial charge in [0.25, 0.3) is 0 Å². The standard InChI is InChI=1S/C13H22N4O/c1-2-7-14-11(5-1)10-4-3-6-12(10)15-8-13-16-9-18-17-13/h9-12,14-15H,1-8H2. The minimum absolute atomic E-state index is 0.610. The molecular weight excluding hydrogens is 228 g/mol. The number of nitrogens with zero attached hydrogens (tertiary/aromatic N) is 2. The molecule has 5 nitrogen and oxygen atoms in total. The lowest BCUT2D eigenvalue weighted by molar-refractivity contribution is 0.255. The van der Waals surface area contributed by atoms with Crippen molar-refractivity contribution in [3.63, 3.8) is 0 Å². The summed E-state index contributed by atoms with van der Waals surface area (Å²) in [5.74, 6) is 1.54. The van der Waals surface area contributed by atoms with Crippen LogP contribution in [0.15, 0.2) is 10.9 Å². The first-order valence-electron chi connectivity index (χ1n) is 7.15. The van der Waals surface area contributed by atoms with Crippen LogP contribution < -0.4 is 10.6 Å². The molecule has 0 bridgehead atoms. The summed E-state index contributed by atoms with van der Waals surface area (Å²) in [7, 11) is 0. The van der Waals surface area contributed by atoms with E-state index in [9.17, 15) is 0 Å².